The van der Waals surface area contributed by atoms with Crippen molar-refractivity contribution in [2.75, 3.05) is 26.2 Å². The summed E-state index contributed by atoms with van der Waals surface area (Å²) in [5, 5.41) is 11.4. The Hall–Kier alpha value is -3.67. The number of aliphatic carboxylic acids is 1. The molecule has 1 aromatic carbocycles. The van der Waals surface area contributed by atoms with Crippen molar-refractivity contribution in [2.24, 2.45) is 7.05 Å². The predicted molar refractivity (Wildman–Crippen MR) is 112 cm³/mol. The third-order valence-corrected chi connectivity index (χ3v) is 5.07. The largest absolute Gasteiger partial charge is 0.490 e. The van der Waals surface area contributed by atoms with Gasteiger partial charge in [0.05, 0.1) is 17.8 Å². The minimum Gasteiger partial charge on any atom is -0.475 e. The minimum absolute atomic E-state index is 0.0627. The average molecular weight is 464 g/mol. The number of alkyl halides is 3. The second-order valence-electron chi connectivity index (χ2n) is 7.29. The van der Waals surface area contributed by atoms with E-state index < -0.39 is 12.1 Å². The van der Waals surface area contributed by atoms with Gasteiger partial charge in [0, 0.05) is 58.0 Å². The lowest BCUT2D eigenvalue weighted by Gasteiger charge is -2.34. The molecule has 0 radical (unpaired) electrons. The van der Waals surface area contributed by atoms with E-state index in [1.165, 1.54) is 0 Å². The molecular weight excluding hydrogens is 441 g/mol. The highest BCUT2D eigenvalue weighted by Crippen LogP contribution is 2.17. The van der Waals surface area contributed by atoms with Crippen LogP contribution in [0.2, 0.25) is 0 Å². The maximum Gasteiger partial charge on any atom is 0.490 e. The number of carboxylic acid groups (broad SMARTS) is 1. The molecule has 1 amide bonds. The molecule has 1 saturated heterocycles. The Balaban J connectivity index is 0.000000383. The fourth-order valence-electron chi connectivity index (χ4n) is 3.29. The molecule has 0 spiro atoms. The van der Waals surface area contributed by atoms with Crippen LogP contribution >= 0.6 is 0 Å². The molecule has 3 heterocycles. The van der Waals surface area contributed by atoms with Gasteiger partial charge in [-0.1, -0.05) is 12.1 Å². The first-order valence-electron chi connectivity index (χ1n) is 10.0. The Morgan fingerprint density at radius 1 is 1.03 bits per heavy atom. The van der Waals surface area contributed by atoms with Gasteiger partial charge >= 0.3 is 12.1 Å². The first-order chi connectivity index (χ1) is 15.7. The second-order valence-corrected chi connectivity index (χ2v) is 7.29. The van der Waals surface area contributed by atoms with Crippen LogP contribution in [0.15, 0.2) is 55.1 Å². The molecule has 176 valence electrons. The fourth-order valence-corrected chi connectivity index (χ4v) is 3.29. The van der Waals surface area contributed by atoms with Crippen LogP contribution in [0.3, 0.4) is 0 Å². The number of hydrogen-bond donors (Lipinski definition) is 1. The molecule has 1 N–H and O–H groups in total. The van der Waals surface area contributed by atoms with Crippen molar-refractivity contribution in [2.45, 2.75) is 12.7 Å². The highest BCUT2D eigenvalue weighted by molar-refractivity contribution is 5.97. The van der Waals surface area contributed by atoms with E-state index in [0.717, 1.165) is 44.2 Å². The number of piperazine rings is 1. The molecule has 12 heteroatoms. The molecule has 1 fully saturated rings. The minimum atomic E-state index is -5.08. The standard InChI is InChI=1S/C19H22N6O.C2HF3O2/c1-22-10-8-20-18(22)15-23-11-13-24(14-12-23)19(26)16-5-2-3-6-17(16)25-9-4-7-21-25;3-2(4,5)1(6)7/h2-10H,11-15H2,1H3;(H,6,7). The van der Waals surface area contributed by atoms with Crippen LogP contribution in [0, 0.1) is 0 Å². The van der Waals surface area contributed by atoms with Crippen molar-refractivity contribution in [1.82, 2.24) is 29.1 Å². The van der Waals surface area contributed by atoms with E-state index >= 15 is 0 Å². The van der Waals surface area contributed by atoms with Gasteiger partial charge in [-0.25, -0.2) is 14.5 Å². The van der Waals surface area contributed by atoms with E-state index in [1.54, 1.807) is 10.9 Å². The van der Waals surface area contributed by atoms with Crippen LogP contribution in [-0.4, -0.2) is 78.5 Å². The Labute approximate surface area is 187 Å². The van der Waals surface area contributed by atoms with Gasteiger partial charge in [-0.2, -0.15) is 18.3 Å². The van der Waals surface area contributed by atoms with Crippen molar-refractivity contribution >= 4 is 11.9 Å². The highest BCUT2D eigenvalue weighted by atomic mass is 19.4. The van der Waals surface area contributed by atoms with Crippen LogP contribution in [0.1, 0.15) is 16.2 Å². The molecule has 4 rings (SSSR count). The number of hydrogen-bond acceptors (Lipinski definition) is 5. The van der Waals surface area contributed by atoms with Crippen LogP contribution in [0.5, 0.6) is 0 Å². The number of carboxylic acids is 1. The number of rotatable bonds is 4. The first-order valence-corrected chi connectivity index (χ1v) is 10.0. The van der Waals surface area contributed by atoms with E-state index in [2.05, 4.69) is 15.0 Å². The lowest BCUT2D eigenvalue weighted by molar-refractivity contribution is -0.192. The summed E-state index contributed by atoms with van der Waals surface area (Å²) in [5.41, 5.74) is 1.51. The van der Waals surface area contributed by atoms with E-state index in [0.29, 0.717) is 5.56 Å². The SMILES string of the molecule is Cn1ccnc1CN1CCN(C(=O)c2ccccc2-n2cccn2)CC1.O=C(O)C(F)(F)F. The number of para-hydroxylation sites is 1. The summed E-state index contributed by atoms with van der Waals surface area (Å²) in [5.74, 6) is -1.64. The average Bonchev–Trinajstić information content (AvgIpc) is 3.46. The Morgan fingerprint density at radius 3 is 2.24 bits per heavy atom. The Kier molecular flexibility index (Phi) is 7.48. The molecule has 1 aliphatic rings. The molecule has 1 aliphatic heterocycles. The second kappa shape index (κ2) is 10.3. The zero-order valence-corrected chi connectivity index (χ0v) is 17.8. The zero-order valence-electron chi connectivity index (χ0n) is 17.8. The van der Waals surface area contributed by atoms with Gasteiger partial charge in [0.1, 0.15) is 5.82 Å². The van der Waals surface area contributed by atoms with E-state index in [-0.39, 0.29) is 5.91 Å². The van der Waals surface area contributed by atoms with E-state index in [9.17, 15) is 18.0 Å². The number of imidazole rings is 1. The van der Waals surface area contributed by atoms with Crippen molar-refractivity contribution in [3.8, 4) is 5.69 Å². The van der Waals surface area contributed by atoms with Gasteiger partial charge in [-0.15, -0.1) is 0 Å². The summed E-state index contributed by atoms with van der Waals surface area (Å²) >= 11 is 0. The molecule has 3 aromatic rings. The van der Waals surface area contributed by atoms with Gasteiger partial charge in [-0.3, -0.25) is 9.69 Å². The molecule has 0 unspecified atom stereocenters. The molecule has 33 heavy (non-hydrogen) atoms. The Bertz CT molecular complexity index is 1070. The smallest absolute Gasteiger partial charge is 0.475 e. The number of aryl methyl sites for hydroxylation is 1. The molecular formula is C21H23F3N6O3. The Morgan fingerprint density at radius 2 is 1.70 bits per heavy atom. The van der Waals surface area contributed by atoms with Crippen LogP contribution < -0.4 is 0 Å². The lowest BCUT2D eigenvalue weighted by Crippen LogP contribution is -2.48. The third-order valence-electron chi connectivity index (χ3n) is 5.07. The van der Waals surface area contributed by atoms with Gasteiger partial charge < -0.3 is 14.6 Å². The predicted octanol–water partition coefficient (Wildman–Crippen LogP) is 2.20. The van der Waals surface area contributed by atoms with Crippen molar-refractivity contribution in [1.29, 1.82) is 0 Å². The highest BCUT2D eigenvalue weighted by Gasteiger charge is 2.38. The number of amides is 1. The van der Waals surface area contributed by atoms with E-state index in [4.69, 9.17) is 9.90 Å². The van der Waals surface area contributed by atoms with Gasteiger partial charge in [0.25, 0.3) is 5.91 Å². The van der Waals surface area contributed by atoms with Crippen molar-refractivity contribution in [3.05, 3.63) is 66.5 Å². The summed E-state index contributed by atoms with van der Waals surface area (Å²) in [6.45, 7) is 3.95. The zero-order chi connectivity index (χ0) is 24.0. The van der Waals surface area contributed by atoms with E-state index in [1.807, 2.05) is 65.4 Å². The lowest BCUT2D eigenvalue weighted by atomic mass is 10.1. The monoisotopic (exact) mass is 464 g/mol. The molecule has 9 nitrogen and oxygen atoms in total. The summed E-state index contributed by atoms with van der Waals surface area (Å²) in [6.07, 6.45) is 2.28. The summed E-state index contributed by atoms with van der Waals surface area (Å²) in [6, 6.07) is 9.49. The number of aromatic nitrogens is 4. The van der Waals surface area contributed by atoms with Crippen LogP contribution in [-0.2, 0) is 18.4 Å². The summed E-state index contributed by atoms with van der Waals surface area (Å²) < 4.78 is 35.5. The molecule has 0 atom stereocenters. The number of carbonyl (C=O) groups is 2. The number of halogens is 3. The topological polar surface area (TPSA) is 96.5 Å². The van der Waals surface area contributed by atoms with Gasteiger partial charge in [0.2, 0.25) is 0 Å². The fraction of sp³-hybridized carbons (Fsp3) is 0.333. The van der Waals surface area contributed by atoms with Crippen molar-refractivity contribution < 1.29 is 27.9 Å². The maximum absolute atomic E-state index is 13.0. The van der Waals surface area contributed by atoms with Gasteiger partial charge in [0.15, 0.2) is 0 Å². The third kappa shape index (κ3) is 6.19. The quantitative estimate of drug-likeness (QED) is 0.636. The number of carbonyl (C=O) groups excluding carboxylic acids is 1. The van der Waals surface area contributed by atoms with Crippen LogP contribution in [0.4, 0.5) is 13.2 Å². The van der Waals surface area contributed by atoms with Crippen LogP contribution in [0.25, 0.3) is 5.69 Å². The molecule has 0 bridgehead atoms. The van der Waals surface area contributed by atoms with Crippen molar-refractivity contribution in [3.63, 3.8) is 0 Å². The first kappa shape index (κ1) is 24.0. The molecule has 2 aromatic heterocycles. The summed E-state index contributed by atoms with van der Waals surface area (Å²) in [4.78, 5) is 30.6. The molecule has 0 saturated carbocycles. The number of nitrogens with zero attached hydrogens (tertiary/aromatic N) is 6. The summed E-state index contributed by atoms with van der Waals surface area (Å²) in [7, 11) is 2.01. The molecule has 0 aliphatic carbocycles. The number of benzene rings is 1. The maximum atomic E-state index is 13.0. The van der Waals surface area contributed by atoms with Gasteiger partial charge in [-0.05, 0) is 18.2 Å². The normalized spacial score (nSPS) is 14.5.